The highest BCUT2D eigenvalue weighted by Crippen LogP contribution is 2.16. The van der Waals surface area contributed by atoms with E-state index in [4.69, 9.17) is 5.11 Å². The predicted molar refractivity (Wildman–Crippen MR) is 59.8 cm³/mol. The Hall–Kier alpha value is -0.980. The summed E-state index contributed by atoms with van der Waals surface area (Å²) in [4.78, 5) is 17.0. The number of aliphatic hydroxyl groups excluding tert-OH is 1. The lowest BCUT2D eigenvalue weighted by Crippen LogP contribution is -2.21. The number of carbonyl (C=O) groups is 1. The van der Waals surface area contributed by atoms with Crippen LogP contribution in [-0.4, -0.2) is 41.1 Å². The molecule has 0 unspecified atom stereocenters. The minimum absolute atomic E-state index is 0.111. The molecule has 0 aliphatic carbocycles. The summed E-state index contributed by atoms with van der Waals surface area (Å²) in [5, 5.41) is 13.9. The first-order chi connectivity index (χ1) is 7.11. The van der Waals surface area contributed by atoms with Crippen molar-refractivity contribution in [1.82, 2.24) is 9.88 Å². The molecule has 6 heteroatoms. The second kappa shape index (κ2) is 5.79. The molecule has 1 rings (SSSR count). The standard InChI is InChI=1S/C9H15N3O2S/c1-7(14)10-9-11-8(6-15-9)5-12(2)3-4-13/h6,13H,3-5H2,1-2H3,(H,10,11,14). The first-order valence-corrected chi connectivity index (χ1v) is 5.51. The lowest BCUT2D eigenvalue weighted by Gasteiger charge is -2.12. The molecule has 0 radical (unpaired) electrons. The van der Waals surface area contributed by atoms with Crippen molar-refractivity contribution in [3.8, 4) is 0 Å². The SMILES string of the molecule is CC(=O)Nc1nc(CN(C)CCO)cs1. The third-order valence-electron chi connectivity index (χ3n) is 1.75. The van der Waals surface area contributed by atoms with Crippen LogP contribution in [0.5, 0.6) is 0 Å². The van der Waals surface area contributed by atoms with Crippen molar-refractivity contribution in [3.63, 3.8) is 0 Å². The molecule has 1 amide bonds. The molecule has 0 fully saturated rings. The number of hydrogen-bond acceptors (Lipinski definition) is 5. The lowest BCUT2D eigenvalue weighted by molar-refractivity contribution is -0.114. The van der Waals surface area contributed by atoms with E-state index in [0.29, 0.717) is 18.2 Å². The molecule has 1 aromatic rings. The van der Waals surface area contributed by atoms with Crippen LogP contribution in [0.25, 0.3) is 0 Å². The van der Waals surface area contributed by atoms with Crippen LogP contribution in [-0.2, 0) is 11.3 Å². The van der Waals surface area contributed by atoms with Gasteiger partial charge in [0.25, 0.3) is 0 Å². The number of aromatic nitrogens is 1. The van der Waals surface area contributed by atoms with Gasteiger partial charge in [0.15, 0.2) is 5.13 Å². The summed E-state index contributed by atoms with van der Waals surface area (Å²) in [5.41, 5.74) is 0.903. The number of likely N-dealkylation sites (N-methyl/N-ethyl adjacent to an activating group) is 1. The maximum Gasteiger partial charge on any atom is 0.223 e. The molecule has 15 heavy (non-hydrogen) atoms. The van der Waals surface area contributed by atoms with Crippen molar-refractivity contribution >= 4 is 22.4 Å². The molecule has 5 nitrogen and oxygen atoms in total. The molecular formula is C9H15N3O2S. The van der Waals surface area contributed by atoms with Crippen molar-refractivity contribution in [2.75, 3.05) is 25.5 Å². The van der Waals surface area contributed by atoms with E-state index in [1.807, 2.05) is 17.3 Å². The fraction of sp³-hybridized carbons (Fsp3) is 0.556. The van der Waals surface area contributed by atoms with Crippen LogP contribution in [0.4, 0.5) is 5.13 Å². The number of hydrogen-bond donors (Lipinski definition) is 2. The molecule has 0 atom stereocenters. The van der Waals surface area contributed by atoms with Gasteiger partial charge in [0.1, 0.15) is 0 Å². The molecular weight excluding hydrogens is 214 g/mol. The number of nitrogens with one attached hydrogen (secondary N) is 1. The van der Waals surface area contributed by atoms with Gasteiger partial charge in [-0.3, -0.25) is 9.69 Å². The Morgan fingerprint density at radius 3 is 3.07 bits per heavy atom. The normalized spacial score (nSPS) is 10.7. The number of anilines is 1. The Morgan fingerprint density at radius 2 is 2.47 bits per heavy atom. The summed E-state index contributed by atoms with van der Waals surface area (Å²) in [6, 6.07) is 0. The molecule has 1 aromatic heterocycles. The minimum Gasteiger partial charge on any atom is -0.395 e. The van der Waals surface area contributed by atoms with Crippen LogP contribution in [0.1, 0.15) is 12.6 Å². The Morgan fingerprint density at radius 1 is 1.73 bits per heavy atom. The van der Waals surface area contributed by atoms with Gasteiger partial charge in [0.05, 0.1) is 12.3 Å². The van der Waals surface area contributed by atoms with Crippen LogP contribution in [0.3, 0.4) is 0 Å². The van der Waals surface area contributed by atoms with E-state index in [1.165, 1.54) is 18.3 Å². The lowest BCUT2D eigenvalue weighted by atomic mass is 10.4. The van der Waals surface area contributed by atoms with Gasteiger partial charge >= 0.3 is 0 Å². The van der Waals surface area contributed by atoms with E-state index in [9.17, 15) is 4.79 Å². The molecule has 0 saturated heterocycles. The van der Waals surface area contributed by atoms with E-state index in [0.717, 1.165) is 5.69 Å². The van der Waals surface area contributed by atoms with Crippen LogP contribution < -0.4 is 5.32 Å². The van der Waals surface area contributed by atoms with Crippen LogP contribution >= 0.6 is 11.3 Å². The number of rotatable bonds is 5. The van der Waals surface area contributed by atoms with Gasteiger partial charge in [-0.2, -0.15) is 0 Å². The molecule has 2 N–H and O–H groups in total. The number of nitrogens with zero attached hydrogens (tertiary/aromatic N) is 2. The molecule has 0 aliphatic heterocycles. The zero-order valence-corrected chi connectivity index (χ0v) is 9.67. The molecule has 0 spiro atoms. The van der Waals surface area contributed by atoms with Gasteiger partial charge in [-0.1, -0.05) is 0 Å². The fourth-order valence-electron chi connectivity index (χ4n) is 1.11. The molecule has 0 aliphatic rings. The van der Waals surface area contributed by atoms with E-state index in [-0.39, 0.29) is 12.5 Å². The van der Waals surface area contributed by atoms with Gasteiger partial charge in [-0.05, 0) is 7.05 Å². The Balaban J connectivity index is 2.48. The van der Waals surface area contributed by atoms with Crippen LogP contribution in [0, 0.1) is 0 Å². The van der Waals surface area contributed by atoms with Gasteiger partial charge in [0.2, 0.25) is 5.91 Å². The largest absolute Gasteiger partial charge is 0.395 e. The average molecular weight is 229 g/mol. The fourth-order valence-corrected chi connectivity index (χ4v) is 1.86. The smallest absolute Gasteiger partial charge is 0.223 e. The van der Waals surface area contributed by atoms with Gasteiger partial charge in [0, 0.05) is 25.4 Å². The molecule has 84 valence electrons. The quantitative estimate of drug-likeness (QED) is 0.773. The number of amides is 1. The second-order valence-corrected chi connectivity index (χ2v) is 4.14. The van der Waals surface area contributed by atoms with E-state index in [1.54, 1.807) is 0 Å². The zero-order chi connectivity index (χ0) is 11.3. The summed E-state index contributed by atoms with van der Waals surface area (Å²) in [5.74, 6) is -0.111. The summed E-state index contributed by atoms with van der Waals surface area (Å²) in [6.07, 6.45) is 0. The molecule has 0 bridgehead atoms. The average Bonchev–Trinajstić information content (AvgIpc) is 2.51. The highest BCUT2D eigenvalue weighted by atomic mass is 32.1. The topological polar surface area (TPSA) is 65.5 Å². The predicted octanol–water partition coefficient (Wildman–Crippen LogP) is 0.526. The van der Waals surface area contributed by atoms with Crippen LogP contribution in [0.15, 0.2) is 5.38 Å². The molecule has 0 saturated carbocycles. The Kier molecular flexibility index (Phi) is 4.67. The summed E-state index contributed by atoms with van der Waals surface area (Å²) >= 11 is 1.41. The molecule has 0 aromatic carbocycles. The first kappa shape index (κ1) is 12.1. The van der Waals surface area contributed by atoms with Crippen molar-refractivity contribution < 1.29 is 9.90 Å². The maximum atomic E-state index is 10.8. The van der Waals surface area contributed by atoms with E-state index >= 15 is 0 Å². The van der Waals surface area contributed by atoms with Crippen molar-refractivity contribution in [2.24, 2.45) is 0 Å². The maximum absolute atomic E-state index is 10.8. The first-order valence-electron chi connectivity index (χ1n) is 4.63. The highest BCUT2D eigenvalue weighted by Gasteiger charge is 2.05. The van der Waals surface area contributed by atoms with Crippen molar-refractivity contribution in [3.05, 3.63) is 11.1 Å². The third-order valence-corrected chi connectivity index (χ3v) is 2.55. The zero-order valence-electron chi connectivity index (χ0n) is 8.86. The Labute approximate surface area is 92.7 Å². The van der Waals surface area contributed by atoms with Crippen molar-refractivity contribution in [2.45, 2.75) is 13.5 Å². The van der Waals surface area contributed by atoms with E-state index in [2.05, 4.69) is 10.3 Å². The van der Waals surface area contributed by atoms with Crippen molar-refractivity contribution in [1.29, 1.82) is 0 Å². The monoisotopic (exact) mass is 229 g/mol. The van der Waals surface area contributed by atoms with Crippen LogP contribution in [0.2, 0.25) is 0 Å². The molecule has 1 heterocycles. The summed E-state index contributed by atoms with van der Waals surface area (Å²) < 4.78 is 0. The number of thiazole rings is 1. The van der Waals surface area contributed by atoms with Gasteiger partial charge < -0.3 is 10.4 Å². The summed E-state index contributed by atoms with van der Waals surface area (Å²) in [7, 11) is 1.91. The second-order valence-electron chi connectivity index (χ2n) is 3.29. The highest BCUT2D eigenvalue weighted by molar-refractivity contribution is 7.13. The minimum atomic E-state index is -0.111. The summed E-state index contributed by atoms with van der Waals surface area (Å²) in [6.45, 7) is 2.89. The Bertz CT molecular complexity index is 327. The van der Waals surface area contributed by atoms with E-state index < -0.39 is 0 Å². The number of carbonyl (C=O) groups excluding carboxylic acids is 1. The van der Waals surface area contributed by atoms with Gasteiger partial charge in [-0.25, -0.2) is 4.98 Å². The van der Waals surface area contributed by atoms with Gasteiger partial charge in [-0.15, -0.1) is 11.3 Å². The third kappa shape index (κ3) is 4.37. The number of aliphatic hydroxyl groups is 1.